The van der Waals surface area contributed by atoms with Crippen molar-refractivity contribution in [2.45, 2.75) is 13.0 Å². The molecule has 0 bridgehead atoms. The van der Waals surface area contributed by atoms with Crippen LogP contribution >= 0.6 is 27.3 Å². The Morgan fingerprint density at radius 3 is 2.88 bits per heavy atom. The monoisotopic (exact) mass is 405 g/mol. The van der Waals surface area contributed by atoms with Crippen molar-refractivity contribution in [3.63, 3.8) is 0 Å². The van der Waals surface area contributed by atoms with Gasteiger partial charge in [0.05, 0.1) is 33.4 Å². The molecule has 1 heterocycles. The van der Waals surface area contributed by atoms with Crippen molar-refractivity contribution >= 4 is 49.2 Å². The van der Waals surface area contributed by atoms with Gasteiger partial charge in [-0.3, -0.25) is 0 Å². The SMILES string of the molecule is COc1ccc(C(C)NC(=O)Nc2ccc3ncsc3c2)cc1Br. The summed E-state index contributed by atoms with van der Waals surface area (Å²) in [5.41, 5.74) is 4.45. The van der Waals surface area contributed by atoms with E-state index in [2.05, 4.69) is 31.5 Å². The summed E-state index contributed by atoms with van der Waals surface area (Å²) < 4.78 is 7.11. The van der Waals surface area contributed by atoms with Gasteiger partial charge in [-0.25, -0.2) is 9.78 Å². The molecule has 7 heteroatoms. The lowest BCUT2D eigenvalue weighted by Crippen LogP contribution is -2.31. The average Bonchev–Trinajstić information content (AvgIpc) is 3.02. The summed E-state index contributed by atoms with van der Waals surface area (Å²) in [6, 6.07) is 11.0. The smallest absolute Gasteiger partial charge is 0.319 e. The number of nitrogens with zero attached hydrogens (tertiary/aromatic N) is 1. The number of amides is 2. The molecule has 2 amide bonds. The van der Waals surface area contributed by atoms with Gasteiger partial charge in [0.15, 0.2) is 0 Å². The van der Waals surface area contributed by atoms with Crippen molar-refractivity contribution in [3.05, 3.63) is 51.9 Å². The van der Waals surface area contributed by atoms with Crippen LogP contribution < -0.4 is 15.4 Å². The summed E-state index contributed by atoms with van der Waals surface area (Å²) in [5.74, 6) is 0.758. The number of thiazole rings is 1. The third kappa shape index (κ3) is 3.68. The van der Waals surface area contributed by atoms with Crippen molar-refractivity contribution in [3.8, 4) is 5.75 Å². The second-order valence-electron chi connectivity index (χ2n) is 5.25. The van der Waals surface area contributed by atoms with Gasteiger partial charge >= 0.3 is 6.03 Å². The van der Waals surface area contributed by atoms with Gasteiger partial charge in [-0.1, -0.05) is 6.07 Å². The Morgan fingerprint density at radius 1 is 1.29 bits per heavy atom. The number of carbonyl (C=O) groups excluding carboxylic acids is 1. The summed E-state index contributed by atoms with van der Waals surface area (Å²) >= 11 is 5.00. The molecule has 0 aliphatic rings. The van der Waals surface area contributed by atoms with Crippen molar-refractivity contribution in [2.75, 3.05) is 12.4 Å². The average molecular weight is 406 g/mol. The van der Waals surface area contributed by atoms with Gasteiger partial charge in [0.2, 0.25) is 0 Å². The first kappa shape index (κ1) is 16.7. The molecule has 0 fully saturated rings. The minimum absolute atomic E-state index is 0.139. The molecule has 124 valence electrons. The molecule has 24 heavy (non-hydrogen) atoms. The molecule has 5 nitrogen and oxygen atoms in total. The second kappa shape index (κ2) is 7.19. The number of ether oxygens (including phenoxy) is 1. The van der Waals surface area contributed by atoms with Crippen LogP contribution in [0.2, 0.25) is 0 Å². The number of carbonyl (C=O) groups is 1. The quantitative estimate of drug-likeness (QED) is 0.645. The largest absolute Gasteiger partial charge is 0.496 e. The number of hydrogen-bond acceptors (Lipinski definition) is 4. The molecule has 0 saturated carbocycles. The van der Waals surface area contributed by atoms with Gasteiger partial charge in [-0.05, 0) is 58.7 Å². The summed E-state index contributed by atoms with van der Waals surface area (Å²) in [7, 11) is 1.62. The molecule has 2 aromatic carbocycles. The minimum atomic E-state index is -0.252. The van der Waals surface area contributed by atoms with E-state index in [0.29, 0.717) is 0 Å². The van der Waals surface area contributed by atoms with E-state index in [-0.39, 0.29) is 12.1 Å². The topological polar surface area (TPSA) is 63.2 Å². The van der Waals surface area contributed by atoms with Crippen LogP contribution in [0, 0.1) is 0 Å². The number of rotatable bonds is 4. The molecule has 3 rings (SSSR count). The Bertz CT molecular complexity index is 881. The van der Waals surface area contributed by atoms with Crippen molar-refractivity contribution < 1.29 is 9.53 Å². The molecular formula is C17H16BrN3O2S. The fourth-order valence-corrected chi connectivity index (χ4v) is 3.61. The maximum atomic E-state index is 12.2. The summed E-state index contributed by atoms with van der Waals surface area (Å²) in [5, 5.41) is 5.78. The Balaban J connectivity index is 1.66. The number of benzene rings is 2. The third-order valence-electron chi connectivity index (χ3n) is 3.61. The molecule has 0 spiro atoms. The van der Waals surface area contributed by atoms with Gasteiger partial charge in [-0.2, -0.15) is 0 Å². The lowest BCUT2D eigenvalue weighted by molar-refractivity contribution is 0.249. The van der Waals surface area contributed by atoms with Crippen molar-refractivity contribution in [2.24, 2.45) is 0 Å². The Labute approximate surface area is 152 Å². The number of fused-ring (bicyclic) bond motifs is 1. The van der Waals surface area contributed by atoms with Gasteiger partial charge in [-0.15, -0.1) is 11.3 Å². The fraction of sp³-hybridized carbons (Fsp3) is 0.176. The van der Waals surface area contributed by atoms with E-state index in [1.54, 1.807) is 24.0 Å². The van der Waals surface area contributed by atoms with Crippen molar-refractivity contribution in [1.82, 2.24) is 10.3 Å². The highest BCUT2D eigenvalue weighted by atomic mass is 79.9. The number of urea groups is 1. The fourth-order valence-electron chi connectivity index (χ4n) is 2.33. The Hall–Kier alpha value is -2.12. The minimum Gasteiger partial charge on any atom is -0.496 e. The highest BCUT2D eigenvalue weighted by Crippen LogP contribution is 2.28. The predicted molar refractivity (Wildman–Crippen MR) is 101 cm³/mol. The molecule has 0 radical (unpaired) electrons. The zero-order chi connectivity index (χ0) is 17.1. The number of aromatic nitrogens is 1. The summed E-state index contributed by atoms with van der Waals surface area (Å²) in [6.07, 6.45) is 0. The first-order chi connectivity index (χ1) is 11.6. The summed E-state index contributed by atoms with van der Waals surface area (Å²) in [4.78, 5) is 16.4. The van der Waals surface area contributed by atoms with Crippen LogP contribution in [0.3, 0.4) is 0 Å². The first-order valence-corrected chi connectivity index (χ1v) is 8.98. The molecule has 2 N–H and O–H groups in total. The highest BCUT2D eigenvalue weighted by molar-refractivity contribution is 9.10. The van der Waals surface area contributed by atoms with E-state index < -0.39 is 0 Å². The summed E-state index contributed by atoms with van der Waals surface area (Å²) in [6.45, 7) is 1.93. The van der Waals surface area contributed by atoms with E-state index in [4.69, 9.17) is 4.74 Å². The van der Waals surface area contributed by atoms with Crippen molar-refractivity contribution in [1.29, 1.82) is 0 Å². The Kier molecular flexibility index (Phi) is 5.01. The lowest BCUT2D eigenvalue weighted by atomic mass is 10.1. The van der Waals surface area contributed by atoms with E-state index in [9.17, 15) is 4.79 Å². The molecular weight excluding hydrogens is 390 g/mol. The molecule has 1 aromatic heterocycles. The van der Waals surface area contributed by atoms with Crippen LogP contribution in [-0.2, 0) is 0 Å². The second-order valence-corrected chi connectivity index (χ2v) is 6.99. The maximum absolute atomic E-state index is 12.2. The van der Waals surface area contributed by atoms with Gasteiger partial charge in [0, 0.05) is 5.69 Å². The highest BCUT2D eigenvalue weighted by Gasteiger charge is 2.12. The van der Waals surface area contributed by atoms with Crippen LogP contribution in [0.4, 0.5) is 10.5 Å². The van der Waals surface area contributed by atoms with Gasteiger partial charge in [0.25, 0.3) is 0 Å². The zero-order valence-corrected chi connectivity index (χ0v) is 15.6. The third-order valence-corrected chi connectivity index (χ3v) is 5.02. The van der Waals surface area contributed by atoms with Crippen LogP contribution in [0.25, 0.3) is 10.2 Å². The van der Waals surface area contributed by atoms with Crippen LogP contribution in [0.5, 0.6) is 5.75 Å². The normalized spacial score (nSPS) is 12.0. The first-order valence-electron chi connectivity index (χ1n) is 7.31. The molecule has 0 saturated heterocycles. The number of anilines is 1. The molecule has 0 aliphatic carbocycles. The van der Waals surface area contributed by atoms with Gasteiger partial charge < -0.3 is 15.4 Å². The van der Waals surface area contributed by atoms with Crippen LogP contribution in [-0.4, -0.2) is 18.1 Å². The number of methoxy groups -OCH3 is 1. The van der Waals surface area contributed by atoms with Crippen LogP contribution in [0.1, 0.15) is 18.5 Å². The molecule has 0 aliphatic heterocycles. The molecule has 3 aromatic rings. The van der Waals surface area contributed by atoms with E-state index >= 15 is 0 Å². The maximum Gasteiger partial charge on any atom is 0.319 e. The zero-order valence-electron chi connectivity index (χ0n) is 13.2. The van der Waals surface area contributed by atoms with Gasteiger partial charge in [0.1, 0.15) is 5.75 Å². The number of halogens is 1. The molecule has 1 unspecified atom stereocenters. The molecule has 1 atom stereocenters. The standard InChI is InChI=1S/C17H16BrN3O2S/c1-10(11-3-6-15(23-2)13(18)7-11)20-17(22)21-12-4-5-14-16(8-12)24-9-19-14/h3-10H,1-2H3,(H2,20,21,22). The van der Waals surface area contributed by atoms with E-state index in [0.717, 1.165) is 31.7 Å². The predicted octanol–water partition coefficient (Wildman–Crippen LogP) is 4.95. The van der Waals surface area contributed by atoms with E-state index in [1.165, 1.54) is 0 Å². The lowest BCUT2D eigenvalue weighted by Gasteiger charge is -2.16. The Morgan fingerprint density at radius 2 is 2.12 bits per heavy atom. The van der Waals surface area contributed by atoms with E-state index in [1.807, 2.05) is 43.3 Å². The van der Waals surface area contributed by atoms with Crippen LogP contribution in [0.15, 0.2) is 46.4 Å². The number of hydrogen-bond donors (Lipinski definition) is 2. The number of nitrogens with one attached hydrogen (secondary N) is 2.